The van der Waals surface area contributed by atoms with Gasteiger partial charge in [0.25, 0.3) is 0 Å². The smallest absolute Gasteiger partial charge is 0.227 e. The van der Waals surface area contributed by atoms with Crippen molar-refractivity contribution in [1.29, 1.82) is 0 Å². The van der Waals surface area contributed by atoms with Crippen molar-refractivity contribution in [3.63, 3.8) is 0 Å². The van der Waals surface area contributed by atoms with Crippen LogP contribution < -0.4 is 5.32 Å². The summed E-state index contributed by atoms with van der Waals surface area (Å²) in [5.41, 5.74) is 2.62. The molecule has 114 valence electrons. The van der Waals surface area contributed by atoms with Crippen molar-refractivity contribution in [3.05, 3.63) is 35.4 Å². The lowest BCUT2D eigenvalue weighted by atomic mass is 9.97. The molecule has 1 aromatic carbocycles. The average molecular weight is 286 g/mol. The predicted octanol–water partition coefficient (Wildman–Crippen LogP) is 2.74. The molecular formula is C18H26N2O. The number of amides is 1. The number of piperidine rings is 1. The second-order valence-corrected chi connectivity index (χ2v) is 6.41. The van der Waals surface area contributed by atoms with E-state index in [-0.39, 0.29) is 5.92 Å². The van der Waals surface area contributed by atoms with E-state index in [9.17, 15) is 4.79 Å². The number of hydrogen-bond donors (Lipinski definition) is 1. The molecule has 1 saturated heterocycles. The SMILES string of the molecule is CCc1ccc(CN(C(=O)C2CCCNC2)C2CC2)cc1. The van der Waals surface area contributed by atoms with Crippen molar-refractivity contribution < 1.29 is 4.79 Å². The Morgan fingerprint density at radius 2 is 1.90 bits per heavy atom. The number of carbonyl (C=O) groups excluding carboxylic acids is 1. The van der Waals surface area contributed by atoms with E-state index in [1.165, 1.54) is 24.0 Å². The summed E-state index contributed by atoms with van der Waals surface area (Å²) in [6.07, 6.45) is 5.60. The quantitative estimate of drug-likeness (QED) is 0.902. The van der Waals surface area contributed by atoms with Gasteiger partial charge in [-0.15, -0.1) is 0 Å². The number of nitrogens with one attached hydrogen (secondary N) is 1. The highest BCUT2D eigenvalue weighted by Gasteiger charge is 2.36. The molecule has 1 aliphatic heterocycles. The van der Waals surface area contributed by atoms with Crippen LogP contribution in [-0.2, 0) is 17.8 Å². The minimum atomic E-state index is 0.189. The number of nitrogens with zero attached hydrogens (tertiary/aromatic N) is 1. The fourth-order valence-electron chi connectivity index (χ4n) is 3.15. The van der Waals surface area contributed by atoms with Crippen molar-refractivity contribution in [3.8, 4) is 0 Å². The van der Waals surface area contributed by atoms with Crippen LogP contribution >= 0.6 is 0 Å². The molecule has 0 radical (unpaired) electrons. The van der Waals surface area contributed by atoms with Gasteiger partial charge in [0.15, 0.2) is 0 Å². The van der Waals surface area contributed by atoms with E-state index in [1.54, 1.807) is 0 Å². The van der Waals surface area contributed by atoms with Gasteiger partial charge < -0.3 is 10.2 Å². The van der Waals surface area contributed by atoms with Crippen molar-refractivity contribution >= 4 is 5.91 Å². The molecule has 3 rings (SSSR count). The topological polar surface area (TPSA) is 32.3 Å². The lowest BCUT2D eigenvalue weighted by Gasteiger charge is -2.30. The van der Waals surface area contributed by atoms with E-state index in [0.717, 1.165) is 38.9 Å². The molecule has 1 heterocycles. The molecule has 0 spiro atoms. The lowest BCUT2D eigenvalue weighted by Crippen LogP contribution is -2.43. The first-order valence-corrected chi connectivity index (χ1v) is 8.37. The molecule has 1 N–H and O–H groups in total. The summed E-state index contributed by atoms with van der Waals surface area (Å²) < 4.78 is 0. The molecule has 1 aromatic rings. The minimum absolute atomic E-state index is 0.189. The third kappa shape index (κ3) is 3.65. The number of benzene rings is 1. The number of aryl methyl sites for hydroxylation is 1. The summed E-state index contributed by atoms with van der Waals surface area (Å²) in [6.45, 7) is 4.87. The Labute approximate surface area is 127 Å². The summed E-state index contributed by atoms with van der Waals surface area (Å²) >= 11 is 0. The van der Waals surface area contributed by atoms with E-state index < -0.39 is 0 Å². The van der Waals surface area contributed by atoms with Crippen LogP contribution in [0.25, 0.3) is 0 Å². The van der Waals surface area contributed by atoms with Gasteiger partial charge in [0.05, 0.1) is 5.92 Å². The Bertz CT molecular complexity index is 472. The molecule has 0 aromatic heterocycles. The molecule has 0 bridgehead atoms. The Balaban J connectivity index is 1.67. The van der Waals surface area contributed by atoms with Gasteiger partial charge in [0.1, 0.15) is 0 Å². The van der Waals surface area contributed by atoms with E-state index in [4.69, 9.17) is 0 Å². The van der Waals surface area contributed by atoms with Gasteiger partial charge in [0.2, 0.25) is 5.91 Å². The summed E-state index contributed by atoms with van der Waals surface area (Å²) in [4.78, 5) is 14.9. The van der Waals surface area contributed by atoms with E-state index in [0.29, 0.717) is 11.9 Å². The van der Waals surface area contributed by atoms with Crippen molar-refractivity contribution in [2.75, 3.05) is 13.1 Å². The molecule has 3 heteroatoms. The molecule has 1 aliphatic carbocycles. The maximum Gasteiger partial charge on any atom is 0.227 e. The third-order valence-corrected chi connectivity index (χ3v) is 4.70. The Hall–Kier alpha value is -1.35. The highest BCUT2D eigenvalue weighted by atomic mass is 16.2. The number of rotatable bonds is 5. The van der Waals surface area contributed by atoms with Gasteiger partial charge in [-0.05, 0) is 49.8 Å². The van der Waals surface area contributed by atoms with Crippen LogP contribution in [0.2, 0.25) is 0 Å². The summed E-state index contributed by atoms with van der Waals surface area (Å²) in [6, 6.07) is 9.23. The Morgan fingerprint density at radius 1 is 1.19 bits per heavy atom. The second-order valence-electron chi connectivity index (χ2n) is 6.41. The molecule has 1 saturated carbocycles. The van der Waals surface area contributed by atoms with Crippen LogP contribution in [0, 0.1) is 5.92 Å². The maximum absolute atomic E-state index is 12.8. The van der Waals surface area contributed by atoms with Crippen LogP contribution in [0.3, 0.4) is 0 Å². The van der Waals surface area contributed by atoms with Crippen molar-refractivity contribution in [2.45, 2.75) is 51.6 Å². The van der Waals surface area contributed by atoms with Crippen molar-refractivity contribution in [2.24, 2.45) is 5.92 Å². The van der Waals surface area contributed by atoms with E-state index in [1.807, 2.05) is 0 Å². The zero-order chi connectivity index (χ0) is 14.7. The normalized spacial score (nSPS) is 22.0. The highest BCUT2D eigenvalue weighted by Crippen LogP contribution is 2.30. The molecule has 2 aliphatic rings. The summed E-state index contributed by atoms with van der Waals surface area (Å²) in [7, 11) is 0. The van der Waals surface area contributed by atoms with Gasteiger partial charge in [-0.2, -0.15) is 0 Å². The second kappa shape index (κ2) is 6.61. The van der Waals surface area contributed by atoms with Gasteiger partial charge in [-0.1, -0.05) is 31.2 Å². The standard InChI is InChI=1S/C18H26N2O/c1-2-14-5-7-15(8-6-14)13-20(17-9-10-17)18(21)16-4-3-11-19-12-16/h5-8,16-17,19H,2-4,9-13H2,1H3. The van der Waals surface area contributed by atoms with Gasteiger partial charge in [-0.3, -0.25) is 4.79 Å². The fraction of sp³-hybridized carbons (Fsp3) is 0.611. The third-order valence-electron chi connectivity index (χ3n) is 4.70. The first-order valence-electron chi connectivity index (χ1n) is 8.37. The average Bonchev–Trinajstić information content (AvgIpc) is 3.38. The van der Waals surface area contributed by atoms with Crippen LogP contribution in [0.5, 0.6) is 0 Å². The first kappa shape index (κ1) is 14.6. The molecule has 2 fully saturated rings. The molecule has 1 amide bonds. The molecule has 1 atom stereocenters. The van der Waals surface area contributed by atoms with Gasteiger partial charge in [-0.25, -0.2) is 0 Å². The Morgan fingerprint density at radius 3 is 2.48 bits per heavy atom. The van der Waals surface area contributed by atoms with Crippen LogP contribution in [-0.4, -0.2) is 29.9 Å². The predicted molar refractivity (Wildman–Crippen MR) is 85.0 cm³/mol. The fourth-order valence-corrected chi connectivity index (χ4v) is 3.15. The summed E-state index contributed by atoms with van der Waals surface area (Å²) in [5, 5.41) is 3.36. The first-order chi connectivity index (χ1) is 10.3. The zero-order valence-electron chi connectivity index (χ0n) is 13.0. The maximum atomic E-state index is 12.8. The van der Waals surface area contributed by atoms with Crippen LogP contribution in [0.4, 0.5) is 0 Å². The number of carbonyl (C=O) groups is 1. The van der Waals surface area contributed by atoms with Gasteiger partial charge in [0, 0.05) is 19.1 Å². The Kier molecular flexibility index (Phi) is 4.59. The molecule has 21 heavy (non-hydrogen) atoms. The highest BCUT2D eigenvalue weighted by molar-refractivity contribution is 5.79. The molecule has 3 nitrogen and oxygen atoms in total. The monoisotopic (exact) mass is 286 g/mol. The van der Waals surface area contributed by atoms with Gasteiger partial charge >= 0.3 is 0 Å². The number of hydrogen-bond acceptors (Lipinski definition) is 2. The van der Waals surface area contributed by atoms with Crippen molar-refractivity contribution in [1.82, 2.24) is 10.2 Å². The molecule has 1 unspecified atom stereocenters. The summed E-state index contributed by atoms with van der Waals surface area (Å²) in [5.74, 6) is 0.554. The van der Waals surface area contributed by atoms with Crippen LogP contribution in [0.15, 0.2) is 24.3 Å². The molecular weight excluding hydrogens is 260 g/mol. The minimum Gasteiger partial charge on any atom is -0.335 e. The largest absolute Gasteiger partial charge is 0.335 e. The zero-order valence-corrected chi connectivity index (χ0v) is 13.0. The lowest BCUT2D eigenvalue weighted by molar-refractivity contribution is -0.137. The van der Waals surface area contributed by atoms with E-state index >= 15 is 0 Å². The van der Waals surface area contributed by atoms with Crippen LogP contribution in [0.1, 0.15) is 43.7 Å². The van der Waals surface area contributed by atoms with E-state index in [2.05, 4.69) is 41.4 Å².